The summed E-state index contributed by atoms with van der Waals surface area (Å²) in [6.45, 7) is 0. The van der Waals surface area contributed by atoms with E-state index in [1.165, 1.54) is 0 Å². The molecule has 1 unspecified atom stereocenters. The highest BCUT2D eigenvalue weighted by Gasteiger charge is 2.58. The van der Waals surface area contributed by atoms with Gasteiger partial charge in [0.05, 0.1) is 0 Å². The Hall–Kier alpha value is -2.71. The first-order chi connectivity index (χ1) is 12.2. The number of hydrogen-bond acceptors (Lipinski definition) is 2. The van der Waals surface area contributed by atoms with Gasteiger partial charge in [-0.3, -0.25) is 4.79 Å². The molecular formula is C23H18O2. The summed E-state index contributed by atoms with van der Waals surface area (Å²) in [5, 5.41) is 11.5. The molecule has 2 aromatic rings. The Balaban J connectivity index is 1.72. The van der Waals surface area contributed by atoms with Crippen molar-refractivity contribution >= 4 is 16.9 Å². The maximum absolute atomic E-state index is 13.2. The van der Waals surface area contributed by atoms with Gasteiger partial charge in [-0.1, -0.05) is 78.9 Å². The molecule has 2 heteroatoms. The lowest BCUT2D eigenvalue weighted by Crippen LogP contribution is -2.51. The van der Waals surface area contributed by atoms with Crippen LogP contribution in [0.25, 0.3) is 11.1 Å². The van der Waals surface area contributed by atoms with Gasteiger partial charge in [0.15, 0.2) is 5.60 Å². The van der Waals surface area contributed by atoms with E-state index in [2.05, 4.69) is 18.2 Å². The molecule has 2 aromatic carbocycles. The minimum absolute atomic E-state index is 0.176. The molecule has 122 valence electrons. The summed E-state index contributed by atoms with van der Waals surface area (Å²) in [5.74, 6) is 0.356. The molecule has 0 heterocycles. The number of carbonyl (C=O) groups excluding carboxylic acids is 1. The molecule has 0 aromatic heterocycles. The zero-order valence-electron chi connectivity index (χ0n) is 13.7. The quantitative estimate of drug-likeness (QED) is 0.864. The molecule has 0 radical (unpaired) electrons. The second kappa shape index (κ2) is 5.14. The zero-order valence-corrected chi connectivity index (χ0v) is 13.7. The van der Waals surface area contributed by atoms with E-state index in [-0.39, 0.29) is 11.7 Å². The predicted molar refractivity (Wildman–Crippen MR) is 98.5 cm³/mol. The summed E-state index contributed by atoms with van der Waals surface area (Å²) in [5.41, 5.74) is 2.55. The first kappa shape index (κ1) is 14.6. The van der Waals surface area contributed by atoms with Crippen LogP contribution in [0.1, 0.15) is 17.5 Å². The van der Waals surface area contributed by atoms with Crippen LogP contribution in [0.3, 0.4) is 0 Å². The van der Waals surface area contributed by atoms with E-state index >= 15 is 0 Å². The minimum atomic E-state index is -1.49. The molecule has 0 saturated heterocycles. The van der Waals surface area contributed by atoms with Crippen LogP contribution in [0, 0.1) is 11.8 Å². The average molecular weight is 326 g/mol. The van der Waals surface area contributed by atoms with E-state index in [0.29, 0.717) is 11.5 Å². The predicted octanol–water partition coefficient (Wildman–Crippen LogP) is 4.04. The molecule has 0 saturated carbocycles. The fraction of sp³-hybridized carbons (Fsp3) is 0.174. The van der Waals surface area contributed by atoms with Crippen LogP contribution in [0.5, 0.6) is 0 Å². The van der Waals surface area contributed by atoms with E-state index in [4.69, 9.17) is 0 Å². The van der Waals surface area contributed by atoms with E-state index in [1.54, 1.807) is 0 Å². The highest BCUT2D eigenvalue weighted by Crippen LogP contribution is 2.56. The van der Waals surface area contributed by atoms with Crippen molar-refractivity contribution in [2.75, 3.05) is 0 Å². The fourth-order valence-electron chi connectivity index (χ4n) is 4.46. The molecule has 1 N–H and O–H groups in total. The van der Waals surface area contributed by atoms with Gasteiger partial charge in [0, 0.05) is 17.1 Å². The summed E-state index contributed by atoms with van der Waals surface area (Å²) >= 11 is 0. The van der Waals surface area contributed by atoms with Crippen molar-refractivity contribution in [3.63, 3.8) is 0 Å². The highest BCUT2D eigenvalue weighted by atomic mass is 16.3. The first-order valence-corrected chi connectivity index (χ1v) is 8.73. The lowest BCUT2D eigenvalue weighted by molar-refractivity contribution is -0.125. The van der Waals surface area contributed by atoms with Crippen molar-refractivity contribution < 1.29 is 9.90 Å². The van der Waals surface area contributed by atoms with E-state index in [0.717, 1.165) is 28.7 Å². The van der Waals surface area contributed by atoms with Crippen LogP contribution in [-0.4, -0.2) is 16.5 Å². The smallest absolute Gasteiger partial charge is 0.204 e. The maximum Gasteiger partial charge on any atom is 0.204 e. The molecule has 3 atom stereocenters. The summed E-state index contributed by atoms with van der Waals surface area (Å²) in [6.07, 6.45) is 7.37. The average Bonchev–Trinajstić information content (AvgIpc) is 3.30. The number of allylic oxidation sites excluding steroid dienone is 3. The van der Waals surface area contributed by atoms with Gasteiger partial charge in [-0.05, 0) is 29.0 Å². The Labute approximate surface area is 146 Å². The third-order valence-corrected chi connectivity index (χ3v) is 5.62. The van der Waals surface area contributed by atoms with Crippen molar-refractivity contribution in [3.8, 4) is 0 Å². The molecule has 0 spiro atoms. The number of rotatable bonds is 3. The Morgan fingerprint density at radius 1 is 0.880 bits per heavy atom. The third kappa shape index (κ3) is 1.92. The van der Waals surface area contributed by atoms with Crippen LogP contribution in [0.2, 0.25) is 0 Å². The molecule has 2 bridgehead atoms. The lowest BCUT2D eigenvalue weighted by atomic mass is 9.62. The number of Topliss-reactive ketones (excluding diaryl/α,β-unsaturated/α-hetero) is 1. The molecule has 2 nitrogen and oxygen atoms in total. The largest absolute Gasteiger partial charge is 0.373 e. The van der Waals surface area contributed by atoms with Crippen LogP contribution in [0.15, 0.2) is 84.5 Å². The molecule has 5 rings (SSSR count). The fourth-order valence-corrected chi connectivity index (χ4v) is 4.46. The topological polar surface area (TPSA) is 37.3 Å². The van der Waals surface area contributed by atoms with Gasteiger partial charge in [0.25, 0.3) is 0 Å². The molecule has 3 aliphatic carbocycles. The monoisotopic (exact) mass is 326 g/mol. The van der Waals surface area contributed by atoms with Crippen LogP contribution in [-0.2, 0) is 4.79 Å². The van der Waals surface area contributed by atoms with Crippen LogP contribution >= 0.6 is 0 Å². The van der Waals surface area contributed by atoms with Gasteiger partial charge in [0.2, 0.25) is 5.78 Å². The lowest BCUT2D eigenvalue weighted by Gasteiger charge is -2.43. The molecule has 0 amide bonds. The summed E-state index contributed by atoms with van der Waals surface area (Å²) in [4.78, 5) is 13.2. The molecule has 0 fully saturated rings. The van der Waals surface area contributed by atoms with Crippen LogP contribution < -0.4 is 0 Å². The van der Waals surface area contributed by atoms with Gasteiger partial charge in [-0.2, -0.15) is 0 Å². The van der Waals surface area contributed by atoms with Crippen molar-refractivity contribution in [1.82, 2.24) is 0 Å². The Bertz CT molecular complexity index is 950. The SMILES string of the molecule is O=C1C(c2ccccc2)=C(c2ccccc2)C1(O)C1=C[C@@H]2C=C[C@H]1C2. The number of carbonyl (C=O) groups is 1. The molecule has 25 heavy (non-hydrogen) atoms. The number of hydrogen-bond donors (Lipinski definition) is 1. The molecular weight excluding hydrogens is 308 g/mol. The Kier molecular flexibility index (Phi) is 3.01. The third-order valence-electron chi connectivity index (χ3n) is 5.62. The normalized spacial score (nSPS) is 29.8. The van der Waals surface area contributed by atoms with Crippen molar-refractivity contribution in [1.29, 1.82) is 0 Å². The van der Waals surface area contributed by atoms with E-state index in [9.17, 15) is 9.90 Å². The minimum Gasteiger partial charge on any atom is -0.373 e. The van der Waals surface area contributed by atoms with Gasteiger partial charge in [-0.25, -0.2) is 0 Å². The number of ketones is 1. The second-order valence-corrected chi connectivity index (χ2v) is 7.03. The number of aliphatic hydroxyl groups is 1. The zero-order chi connectivity index (χ0) is 17.0. The Morgan fingerprint density at radius 3 is 2.08 bits per heavy atom. The Morgan fingerprint density at radius 2 is 1.52 bits per heavy atom. The molecule has 0 aliphatic heterocycles. The summed E-state index contributed by atoms with van der Waals surface area (Å²) in [7, 11) is 0. The van der Waals surface area contributed by atoms with Gasteiger partial charge in [0.1, 0.15) is 0 Å². The second-order valence-electron chi connectivity index (χ2n) is 7.03. The van der Waals surface area contributed by atoms with Gasteiger partial charge in [-0.15, -0.1) is 0 Å². The first-order valence-electron chi connectivity index (χ1n) is 8.73. The standard InChI is InChI=1S/C23H18O2/c24-22-20(16-7-3-1-4-8-16)21(17-9-5-2-6-10-17)23(22,25)19-14-15-11-12-18(19)13-15/h1-12,14-15,18,25H,13H2/t15-,18+,23?/m1/s1. The van der Waals surface area contributed by atoms with Gasteiger partial charge < -0.3 is 5.11 Å². The maximum atomic E-state index is 13.2. The van der Waals surface area contributed by atoms with Crippen molar-refractivity contribution in [3.05, 3.63) is 95.6 Å². The summed E-state index contributed by atoms with van der Waals surface area (Å²) < 4.78 is 0. The highest BCUT2D eigenvalue weighted by molar-refractivity contribution is 6.45. The van der Waals surface area contributed by atoms with E-state index < -0.39 is 5.60 Å². The van der Waals surface area contributed by atoms with Crippen LogP contribution in [0.4, 0.5) is 0 Å². The molecule has 3 aliphatic rings. The van der Waals surface area contributed by atoms with Gasteiger partial charge >= 0.3 is 0 Å². The summed E-state index contributed by atoms with van der Waals surface area (Å²) in [6, 6.07) is 19.4. The van der Waals surface area contributed by atoms with Crippen molar-refractivity contribution in [2.45, 2.75) is 12.0 Å². The van der Waals surface area contributed by atoms with Crippen molar-refractivity contribution in [2.24, 2.45) is 11.8 Å². The van der Waals surface area contributed by atoms with E-state index in [1.807, 2.05) is 60.7 Å². The number of benzene rings is 2. The number of fused-ring (bicyclic) bond motifs is 2.